The van der Waals surface area contributed by atoms with Gasteiger partial charge in [0.15, 0.2) is 0 Å². The first-order chi connectivity index (χ1) is 19.9. The Morgan fingerprint density at radius 2 is 1.39 bits per heavy atom. The van der Waals surface area contributed by atoms with Gasteiger partial charge in [0.05, 0.1) is 17.7 Å². The van der Waals surface area contributed by atoms with Gasteiger partial charge >= 0.3 is 6.09 Å². The molecule has 5 rings (SSSR count). The van der Waals surface area contributed by atoms with Crippen LogP contribution in [0, 0.1) is 0 Å². The summed E-state index contributed by atoms with van der Waals surface area (Å²) in [6, 6.07) is 22.5. The van der Waals surface area contributed by atoms with Crippen molar-refractivity contribution >= 4 is 29.7 Å². The van der Waals surface area contributed by atoms with E-state index in [0.717, 1.165) is 16.0 Å². The van der Waals surface area contributed by atoms with Gasteiger partial charge in [-0.3, -0.25) is 24.1 Å². The summed E-state index contributed by atoms with van der Waals surface area (Å²) < 4.78 is 5.53. The molecule has 2 aliphatic rings. The topological polar surface area (TPSA) is 116 Å². The zero-order valence-electron chi connectivity index (χ0n) is 22.6. The average molecular weight is 555 g/mol. The van der Waals surface area contributed by atoms with Gasteiger partial charge < -0.3 is 19.9 Å². The summed E-state index contributed by atoms with van der Waals surface area (Å²) in [5, 5.41) is 2.63. The van der Waals surface area contributed by atoms with Crippen LogP contribution in [0.2, 0.25) is 0 Å². The summed E-state index contributed by atoms with van der Waals surface area (Å²) in [6.45, 7) is -0.203. The van der Waals surface area contributed by atoms with Crippen LogP contribution >= 0.6 is 0 Å². The molecule has 41 heavy (non-hydrogen) atoms. The number of amides is 5. The monoisotopic (exact) mass is 554 g/mol. The van der Waals surface area contributed by atoms with Gasteiger partial charge in [0.25, 0.3) is 11.8 Å². The molecular weight excluding hydrogens is 524 g/mol. The summed E-state index contributed by atoms with van der Waals surface area (Å²) in [5.74, 6) is -2.24. The standard InChI is InChI=1S/C31H30N4O6/c1-32-27(36)25(18-21-10-4-2-5-11-21)34-17-16-33(31(40)41-20-22-12-6-3-7-13-22)19-26(30(34)39)35-28(37)23-14-8-9-15-24(23)29(35)38/h2-15,25-26H,16-20H2,1H3,(H,32,36). The SMILES string of the molecule is CNC(=O)C(Cc1ccccc1)N1CCN(C(=O)OCc2ccccc2)CC(N2C(=O)c3ccccc3C2=O)C1=O. The highest BCUT2D eigenvalue weighted by Crippen LogP contribution is 2.27. The second-order valence-corrected chi connectivity index (χ2v) is 9.88. The maximum absolute atomic E-state index is 14.2. The Balaban J connectivity index is 1.47. The molecule has 10 heteroatoms. The van der Waals surface area contributed by atoms with E-state index in [9.17, 15) is 24.0 Å². The van der Waals surface area contributed by atoms with Gasteiger partial charge in [-0.05, 0) is 23.3 Å². The number of ether oxygens (including phenoxy) is 1. The Bertz CT molecular complexity index is 1430. The number of fused-ring (bicyclic) bond motifs is 1. The van der Waals surface area contributed by atoms with Crippen LogP contribution in [0.3, 0.4) is 0 Å². The minimum absolute atomic E-state index is 0.00383. The van der Waals surface area contributed by atoms with Crippen LogP contribution in [0.15, 0.2) is 84.9 Å². The third-order valence-electron chi connectivity index (χ3n) is 7.37. The molecule has 3 aromatic carbocycles. The van der Waals surface area contributed by atoms with Crippen LogP contribution in [0.25, 0.3) is 0 Å². The lowest BCUT2D eigenvalue weighted by atomic mass is 10.0. The van der Waals surface area contributed by atoms with Crippen LogP contribution in [-0.4, -0.2) is 83.2 Å². The van der Waals surface area contributed by atoms with Crippen molar-refractivity contribution < 1.29 is 28.7 Å². The summed E-state index contributed by atoms with van der Waals surface area (Å²) in [4.78, 5) is 71.0. The zero-order chi connectivity index (χ0) is 28.9. The average Bonchev–Trinajstić information content (AvgIpc) is 3.14. The minimum atomic E-state index is -1.35. The molecule has 0 bridgehead atoms. The highest BCUT2D eigenvalue weighted by molar-refractivity contribution is 6.23. The molecule has 10 nitrogen and oxygen atoms in total. The Hall–Kier alpha value is -4.99. The Morgan fingerprint density at radius 1 is 0.829 bits per heavy atom. The molecule has 0 aromatic heterocycles. The van der Waals surface area contributed by atoms with Gasteiger partial charge in [-0.1, -0.05) is 72.8 Å². The highest BCUT2D eigenvalue weighted by atomic mass is 16.6. The molecule has 2 unspecified atom stereocenters. The van der Waals surface area contributed by atoms with Crippen molar-refractivity contribution in [3.8, 4) is 0 Å². The largest absolute Gasteiger partial charge is 0.445 e. The van der Waals surface area contributed by atoms with Crippen molar-refractivity contribution in [3.05, 3.63) is 107 Å². The molecule has 1 N–H and O–H groups in total. The number of hydrogen-bond acceptors (Lipinski definition) is 6. The lowest BCUT2D eigenvalue weighted by Gasteiger charge is -2.33. The smallest absolute Gasteiger partial charge is 0.410 e. The van der Waals surface area contributed by atoms with E-state index in [0.29, 0.717) is 0 Å². The van der Waals surface area contributed by atoms with Crippen molar-refractivity contribution in [1.82, 2.24) is 20.0 Å². The van der Waals surface area contributed by atoms with Crippen LogP contribution in [0.4, 0.5) is 4.79 Å². The third kappa shape index (κ3) is 5.67. The van der Waals surface area contributed by atoms with Crippen LogP contribution in [0.1, 0.15) is 31.8 Å². The highest BCUT2D eigenvalue weighted by Gasteiger charge is 2.48. The number of rotatable bonds is 7. The van der Waals surface area contributed by atoms with Gasteiger partial charge in [-0.25, -0.2) is 4.79 Å². The van der Waals surface area contributed by atoms with Gasteiger partial charge in [0, 0.05) is 26.6 Å². The molecule has 1 saturated heterocycles. The van der Waals surface area contributed by atoms with E-state index in [4.69, 9.17) is 4.74 Å². The van der Waals surface area contributed by atoms with Gasteiger partial charge in [0.2, 0.25) is 11.8 Å². The molecule has 0 aliphatic carbocycles. The number of hydrogen-bond donors (Lipinski definition) is 1. The lowest BCUT2D eigenvalue weighted by molar-refractivity contribution is -0.142. The summed E-state index contributed by atoms with van der Waals surface area (Å²) in [6.07, 6.45) is -0.482. The molecule has 5 amide bonds. The van der Waals surface area contributed by atoms with Gasteiger partial charge in [-0.15, -0.1) is 0 Å². The predicted molar refractivity (Wildman–Crippen MR) is 149 cm³/mol. The molecule has 1 fully saturated rings. The van der Waals surface area contributed by atoms with Crippen molar-refractivity contribution in [2.75, 3.05) is 26.7 Å². The number of nitrogens with zero attached hydrogens (tertiary/aromatic N) is 3. The Labute approximate surface area is 237 Å². The molecule has 210 valence electrons. The Morgan fingerprint density at radius 3 is 1.98 bits per heavy atom. The zero-order valence-corrected chi connectivity index (χ0v) is 22.6. The molecule has 2 heterocycles. The van der Waals surface area contributed by atoms with E-state index >= 15 is 0 Å². The molecule has 0 saturated carbocycles. The van der Waals surface area contributed by atoms with Crippen molar-refractivity contribution in [3.63, 3.8) is 0 Å². The van der Waals surface area contributed by atoms with Crippen LogP contribution in [0.5, 0.6) is 0 Å². The summed E-state index contributed by atoms with van der Waals surface area (Å²) in [7, 11) is 1.48. The molecule has 2 atom stereocenters. The minimum Gasteiger partial charge on any atom is -0.445 e. The Kier molecular flexibility index (Phi) is 8.09. The van der Waals surface area contributed by atoms with E-state index in [1.54, 1.807) is 12.1 Å². The number of likely N-dealkylation sites (N-methyl/N-ethyl adjacent to an activating group) is 1. The van der Waals surface area contributed by atoms with Crippen molar-refractivity contribution in [2.24, 2.45) is 0 Å². The molecule has 3 aromatic rings. The number of imide groups is 1. The van der Waals surface area contributed by atoms with E-state index in [2.05, 4.69) is 5.32 Å². The number of carbonyl (C=O) groups excluding carboxylic acids is 5. The maximum atomic E-state index is 14.2. The van der Waals surface area contributed by atoms with Crippen LogP contribution in [-0.2, 0) is 27.4 Å². The van der Waals surface area contributed by atoms with E-state index in [1.165, 1.54) is 29.0 Å². The van der Waals surface area contributed by atoms with Gasteiger partial charge in [-0.2, -0.15) is 0 Å². The molecule has 0 spiro atoms. The van der Waals surface area contributed by atoms with Crippen molar-refractivity contribution in [1.29, 1.82) is 0 Å². The first kappa shape index (κ1) is 27.6. The normalized spacial score (nSPS) is 17.6. The van der Waals surface area contributed by atoms with Crippen LogP contribution < -0.4 is 5.32 Å². The number of carbonyl (C=O) groups is 5. The fourth-order valence-corrected chi connectivity index (χ4v) is 5.23. The quantitative estimate of drug-likeness (QED) is 0.449. The number of nitrogens with one attached hydrogen (secondary N) is 1. The predicted octanol–water partition coefficient (Wildman–Crippen LogP) is 2.49. The van der Waals surface area contributed by atoms with E-state index < -0.39 is 41.8 Å². The van der Waals surface area contributed by atoms with E-state index in [-0.39, 0.29) is 43.8 Å². The van der Waals surface area contributed by atoms with Crippen molar-refractivity contribution in [2.45, 2.75) is 25.1 Å². The first-order valence-corrected chi connectivity index (χ1v) is 13.4. The lowest BCUT2D eigenvalue weighted by Crippen LogP contribution is -2.57. The second-order valence-electron chi connectivity index (χ2n) is 9.88. The maximum Gasteiger partial charge on any atom is 0.410 e. The molecule has 0 radical (unpaired) electrons. The first-order valence-electron chi connectivity index (χ1n) is 13.4. The molecular formula is C31H30N4O6. The fraction of sp³-hybridized carbons (Fsp3) is 0.258. The van der Waals surface area contributed by atoms with E-state index in [1.807, 2.05) is 60.7 Å². The third-order valence-corrected chi connectivity index (χ3v) is 7.37. The summed E-state index contributed by atoms with van der Waals surface area (Å²) in [5.41, 5.74) is 1.99. The van der Waals surface area contributed by atoms with Gasteiger partial charge in [0.1, 0.15) is 18.7 Å². The summed E-state index contributed by atoms with van der Waals surface area (Å²) >= 11 is 0. The number of benzene rings is 3. The second kappa shape index (κ2) is 12.0. The fourth-order valence-electron chi connectivity index (χ4n) is 5.23. The molecule has 2 aliphatic heterocycles.